The first-order valence-corrected chi connectivity index (χ1v) is 19.2. The maximum atomic E-state index is 5.49. The fraction of sp³-hybridized carbons (Fsp3) is 0.0476. The third kappa shape index (κ3) is 3.63. The lowest BCUT2D eigenvalue weighted by atomic mass is 10.1. The minimum atomic E-state index is -2.11. The van der Waals surface area contributed by atoms with Gasteiger partial charge in [0.15, 0.2) is 5.82 Å². The fourth-order valence-electron chi connectivity index (χ4n) is 7.92. The molecule has 1 aliphatic heterocycles. The molecule has 9 aromatic rings. The van der Waals surface area contributed by atoms with E-state index in [4.69, 9.17) is 9.97 Å². The van der Waals surface area contributed by atoms with Gasteiger partial charge in [-0.3, -0.25) is 4.57 Å². The number of hydrogen-bond acceptors (Lipinski definition) is 2. The van der Waals surface area contributed by atoms with Crippen molar-refractivity contribution in [3.8, 4) is 34.0 Å². The number of para-hydroxylation sites is 3. The van der Waals surface area contributed by atoms with Crippen LogP contribution in [0.15, 0.2) is 146 Å². The maximum Gasteiger partial charge on any atom is 0.161 e. The Morgan fingerprint density at radius 1 is 0.489 bits per heavy atom. The SMILES string of the molecule is C[Si]1(C)c2ccccc2-c2c(-n3c4ccccc4c4cc5c6ccccc6n(-c6ccccc6)c5cc43)nc(-c3ccccc3)nc21. The Kier molecular flexibility index (Phi) is 5.41. The second kappa shape index (κ2) is 9.61. The molecule has 4 heterocycles. The molecule has 0 saturated carbocycles. The van der Waals surface area contributed by atoms with Gasteiger partial charge in [0.1, 0.15) is 13.9 Å². The molecule has 1 aliphatic rings. The zero-order valence-electron chi connectivity index (χ0n) is 26.1. The van der Waals surface area contributed by atoms with Crippen LogP contribution in [0.2, 0.25) is 13.1 Å². The maximum absolute atomic E-state index is 5.49. The largest absolute Gasteiger partial charge is 0.309 e. The summed E-state index contributed by atoms with van der Waals surface area (Å²) in [5, 5.41) is 7.56. The number of hydrogen-bond donors (Lipinski definition) is 0. The number of aromatic nitrogens is 4. The minimum absolute atomic E-state index is 0.776. The Bertz CT molecular complexity index is 2700. The van der Waals surface area contributed by atoms with Crippen LogP contribution in [-0.4, -0.2) is 27.2 Å². The van der Waals surface area contributed by atoms with Gasteiger partial charge in [0.25, 0.3) is 0 Å². The van der Waals surface area contributed by atoms with Crippen molar-refractivity contribution in [2.45, 2.75) is 13.1 Å². The fourth-order valence-corrected chi connectivity index (χ4v) is 10.8. The van der Waals surface area contributed by atoms with Gasteiger partial charge in [-0.1, -0.05) is 122 Å². The summed E-state index contributed by atoms with van der Waals surface area (Å²) in [4.78, 5) is 10.9. The average Bonchev–Trinajstić information content (AvgIpc) is 3.71. The molecule has 0 radical (unpaired) electrons. The quantitative estimate of drug-likeness (QED) is 0.185. The van der Waals surface area contributed by atoms with E-state index < -0.39 is 8.07 Å². The number of benzene rings is 6. The highest BCUT2D eigenvalue weighted by atomic mass is 28.3. The molecule has 4 nitrogen and oxygen atoms in total. The topological polar surface area (TPSA) is 35.6 Å². The molecule has 0 amide bonds. The van der Waals surface area contributed by atoms with E-state index in [1.54, 1.807) is 0 Å². The van der Waals surface area contributed by atoms with Crippen LogP contribution in [0.4, 0.5) is 0 Å². The summed E-state index contributed by atoms with van der Waals surface area (Å²) in [5.74, 6) is 1.73. The lowest BCUT2D eigenvalue weighted by Crippen LogP contribution is -2.51. The second-order valence-electron chi connectivity index (χ2n) is 13.1. The Morgan fingerprint density at radius 2 is 1.06 bits per heavy atom. The van der Waals surface area contributed by atoms with Crippen LogP contribution in [0.5, 0.6) is 0 Å². The standard InChI is InChI=1S/C42H30N4Si/c1-47(2)38-24-14-11-21-31(38)39-41(43-40(44-42(39)47)27-15-5-3-6-16-27)46-35-23-13-10-20-30(35)33-25-32-29-19-9-12-22-34(29)45(36(32)26-37(33)46)28-17-7-4-8-18-28/h3-26H,1-2H3. The molecule has 47 heavy (non-hydrogen) atoms. The smallest absolute Gasteiger partial charge is 0.161 e. The van der Waals surface area contributed by atoms with Crippen LogP contribution in [-0.2, 0) is 0 Å². The van der Waals surface area contributed by atoms with Gasteiger partial charge in [-0.25, -0.2) is 9.97 Å². The number of fused-ring (bicyclic) bond motifs is 9. The van der Waals surface area contributed by atoms with Crippen molar-refractivity contribution in [1.82, 2.24) is 19.1 Å². The molecule has 0 fully saturated rings. The van der Waals surface area contributed by atoms with E-state index in [1.165, 1.54) is 54.2 Å². The van der Waals surface area contributed by atoms with Gasteiger partial charge >= 0.3 is 0 Å². The van der Waals surface area contributed by atoms with E-state index in [0.29, 0.717) is 0 Å². The van der Waals surface area contributed by atoms with Gasteiger partial charge < -0.3 is 4.57 Å². The van der Waals surface area contributed by atoms with Crippen molar-refractivity contribution in [3.05, 3.63) is 146 Å². The van der Waals surface area contributed by atoms with Crippen molar-refractivity contribution in [1.29, 1.82) is 0 Å². The summed E-state index contributed by atoms with van der Waals surface area (Å²) in [6, 6.07) is 52.4. The van der Waals surface area contributed by atoms with Gasteiger partial charge in [0, 0.05) is 43.7 Å². The zero-order valence-corrected chi connectivity index (χ0v) is 27.1. The van der Waals surface area contributed by atoms with Crippen LogP contribution >= 0.6 is 0 Å². The van der Waals surface area contributed by atoms with E-state index in [2.05, 4.69) is 168 Å². The predicted molar refractivity (Wildman–Crippen MR) is 198 cm³/mol. The molecule has 0 bridgehead atoms. The predicted octanol–water partition coefficient (Wildman–Crippen LogP) is 9.14. The van der Waals surface area contributed by atoms with E-state index in [1.807, 2.05) is 0 Å². The van der Waals surface area contributed by atoms with Crippen LogP contribution in [0.25, 0.3) is 77.6 Å². The van der Waals surface area contributed by atoms with Crippen molar-refractivity contribution < 1.29 is 0 Å². The Hall–Kier alpha value is -5.78. The monoisotopic (exact) mass is 618 g/mol. The molecule has 3 aromatic heterocycles. The molecule has 222 valence electrons. The first kappa shape index (κ1) is 26.4. The minimum Gasteiger partial charge on any atom is -0.309 e. The first-order valence-electron chi connectivity index (χ1n) is 16.2. The lowest BCUT2D eigenvalue weighted by molar-refractivity contribution is 1.06. The van der Waals surface area contributed by atoms with E-state index in [0.717, 1.165) is 33.9 Å². The zero-order chi connectivity index (χ0) is 31.3. The first-order chi connectivity index (χ1) is 23.1. The van der Waals surface area contributed by atoms with Crippen molar-refractivity contribution in [2.24, 2.45) is 0 Å². The van der Waals surface area contributed by atoms with E-state index in [9.17, 15) is 0 Å². The second-order valence-corrected chi connectivity index (χ2v) is 17.3. The van der Waals surface area contributed by atoms with Crippen molar-refractivity contribution >= 4 is 62.2 Å². The van der Waals surface area contributed by atoms with Gasteiger partial charge in [-0.05, 0) is 47.1 Å². The number of rotatable bonds is 3. The molecule has 10 rings (SSSR count). The highest BCUT2D eigenvalue weighted by molar-refractivity contribution is 7.03. The molecule has 0 aliphatic carbocycles. The van der Waals surface area contributed by atoms with Gasteiger partial charge in [-0.2, -0.15) is 0 Å². The highest BCUT2D eigenvalue weighted by Crippen LogP contribution is 2.42. The van der Waals surface area contributed by atoms with Crippen molar-refractivity contribution in [3.63, 3.8) is 0 Å². The van der Waals surface area contributed by atoms with Crippen LogP contribution in [0.3, 0.4) is 0 Å². The third-order valence-electron chi connectivity index (χ3n) is 10.1. The summed E-state index contributed by atoms with van der Waals surface area (Å²) in [6.07, 6.45) is 0. The Balaban J connectivity index is 1.39. The highest BCUT2D eigenvalue weighted by Gasteiger charge is 2.42. The molecule has 0 N–H and O–H groups in total. The number of nitrogens with zero attached hydrogens (tertiary/aromatic N) is 4. The lowest BCUT2D eigenvalue weighted by Gasteiger charge is -2.19. The molecular formula is C42H30N4Si. The molecule has 0 unspecified atom stereocenters. The Morgan fingerprint density at radius 3 is 1.79 bits per heavy atom. The summed E-state index contributed by atoms with van der Waals surface area (Å²) in [7, 11) is -2.11. The summed E-state index contributed by atoms with van der Waals surface area (Å²) < 4.78 is 4.81. The Labute approximate surface area is 273 Å². The molecule has 0 spiro atoms. The normalized spacial score (nSPS) is 13.5. The van der Waals surface area contributed by atoms with Crippen LogP contribution in [0, 0.1) is 0 Å². The van der Waals surface area contributed by atoms with E-state index in [-0.39, 0.29) is 0 Å². The average molecular weight is 619 g/mol. The van der Waals surface area contributed by atoms with Crippen LogP contribution in [0.1, 0.15) is 0 Å². The summed E-state index contributed by atoms with van der Waals surface area (Å²) in [6.45, 7) is 4.86. The molecule has 6 aromatic carbocycles. The van der Waals surface area contributed by atoms with Gasteiger partial charge in [0.2, 0.25) is 0 Å². The van der Waals surface area contributed by atoms with Gasteiger partial charge in [0.05, 0.1) is 22.1 Å². The molecular weight excluding hydrogens is 589 g/mol. The third-order valence-corrected chi connectivity index (χ3v) is 13.4. The van der Waals surface area contributed by atoms with E-state index >= 15 is 0 Å². The summed E-state index contributed by atoms with van der Waals surface area (Å²) >= 11 is 0. The van der Waals surface area contributed by atoms with Crippen molar-refractivity contribution in [2.75, 3.05) is 0 Å². The summed E-state index contributed by atoms with van der Waals surface area (Å²) in [5.41, 5.74) is 9.28. The molecule has 0 saturated heterocycles. The van der Waals surface area contributed by atoms with Crippen LogP contribution < -0.4 is 10.5 Å². The van der Waals surface area contributed by atoms with Gasteiger partial charge in [-0.15, -0.1) is 0 Å². The molecule has 0 atom stereocenters. The molecule has 5 heteroatoms.